The van der Waals surface area contributed by atoms with Crippen LogP contribution in [0.25, 0.3) is 0 Å². The van der Waals surface area contributed by atoms with Crippen molar-refractivity contribution in [2.75, 3.05) is 32.8 Å². The maximum Gasteiger partial charge on any atom is 0.255 e. The van der Waals surface area contributed by atoms with Gasteiger partial charge in [-0.3, -0.25) is 14.6 Å². The number of hydrogen-bond acceptors (Lipinski definition) is 6. The molecule has 1 N–H and O–H groups in total. The van der Waals surface area contributed by atoms with Gasteiger partial charge in [-0.25, -0.2) is 0 Å². The number of carbonyl (C=O) groups excluding carboxylic acids is 2. The monoisotopic (exact) mass is 385 g/mol. The number of hydrogen-bond donors (Lipinski definition) is 1. The maximum atomic E-state index is 12.7. The van der Waals surface area contributed by atoms with Crippen LogP contribution in [-0.4, -0.2) is 44.7 Å². The lowest BCUT2D eigenvalue weighted by atomic mass is 10.1. The van der Waals surface area contributed by atoms with Gasteiger partial charge in [0, 0.05) is 25.7 Å². The second kappa shape index (κ2) is 8.60. The normalized spacial score (nSPS) is 13.4. The Morgan fingerprint density at radius 2 is 1.93 bits per heavy atom. The van der Waals surface area contributed by atoms with Gasteiger partial charge in [0.25, 0.3) is 5.91 Å². The van der Waals surface area contributed by atoms with Crippen LogP contribution in [0.15, 0.2) is 30.6 Å². The molecule has 2 amide bonds. The van der Waals surface area contributed by atoms with Crippen LogP contribution >= 0.6 is 0 Å². The summed E-state index contributed by atoms with van der Waals surface area (Å²) in [5.74, 6) is 0.907. The highest BCUT2D eigenvalue weighted by atomic mass is 16.5. The Kier molecular flexibility index (Phi) is 5.98. The van der Waals surface area contributed by atoms with Gasteiger partial charge in [-0.1, -0.05) is 0 Å². The maximum absolute atomic E-state index is 12.7. The first kappa shape index (κ1) is 19.5. The van der Waals surface area contributed by atoms with E-state index < -0.39 is 0 Å². The van der Waals surface area contributed by atoms with Gasteiger partial charge >= 0.3 is 0 Å². The quantitative estimate of drug-likeness (QED) is 0.786. The molecule has 2 aromatic rings. The van der Waals surface area contributed by atoms with Gasteiger partial charge in [-0.15, -0.1) is 0 Å². The molecule has 1 saturated heterocycles. The largest absolute Gasteiger partial charge is 0.493 e. The molecule has 3 rings (SSSR count). The van der Waals surface area contributed by atoms with Gasteiger partial charge < -0.3 is 24.4 Å². The zero-order valence-electron chi connectivity index (χ0n) is 16.2. The number of aromatic nitrogens is 1. The molecule has 8 nitrogen and oxygen atoms in total. The zero-order valence-corrected chi connectivity index (χ0v) is 16.2. The van der Waals surface area contributed by atoms with E-state index in [1.165, 1.54) is 21.3 Å². The van der Waals surface area contributed by atoms with Crippen molar-refractivity contribution < 1.29 is 23.8 Å². The van der Waals surface area contributed by atoms with E-state index in [9.17, 15) is 9.59 Å². The second-order valence-corrected chi connectivity index (χ2v) is 6.26. The van der Waals surface area contributed by atoms with Gasteiger partial charge in [-0.05, 0) is 30.2 Å². The summed E-state index contributed by atoms with van der Waals surface area (Å²) in [5, 5.41) is 2.85. The number of benzene rings is 1. The van der Waals surface area contributed by atoms with Crippen LogP contribution in [0, 0.1) is 0 Å². The van der Waals surface area contributed by atoms with Gasteiger partial charge in [0.2, 0.25) is 11.7 Å². The number of carbonyl (C=O) groups is 2. The van der Waals surface area contributed by atoms with E-state index in [1.54, 1.807) is 29.4 Å². The van der Waals surface area contributed by atoms with Crippen molar-refractivity contribution >= 4 is 17.5 Å². The Morgan fingerprint density at radius 1 is 1.14 bits per heavy atom. The van der Waals surface area contributed by atoms with E-state index in [2.05, 4.69) is 10.3 Å². The van der Waals surface area contributed by atoms with E-state index in [0.29, 0.717) is 35.8 Å². The minimum atomic E-state index is -0.319. The molecule has 2 heterocycles. The molecule has 1 aromatic heterocycles. The zero-order chi connectivity index (χ0) is 20.1. The van der Waals surface area contributed by atoms with E-state index in [-0.39, 0.29) is 18.4 Å². The van der Waals surface area contributed by atoms with Gasteiger partial charge in [0.15, 0.2) is 11.5 Å². The van der Waals surface area contributed by atoms with E-state index >= 15 is 0 Å². The van der Waals surface area contributed by atoms with E-state index in [0.717, 1.165) is 17.7 Å². The smallest absolute Gasteiger partial charge is 0.255 e. The van der Waals surface area contributed by atoms with Gasteiger partial charge in [0.1, 0.15) is 0 Å². The van der Waals surface area contributed by atoms with Crippen LogP contribution in [-0.2, 0) is 11.3 Å². The Balaban J connectivity index is 1.75. The minimum Gasteiger partial charge on any atom is -0.493 e. The molecule has 0 aliphatic carbocycles. The molecule has 1 aliphatic heterocycles. The number of nitrogens with zero attached hydrogens (tertiary/aromatic N) is 2. The molecule has 1 aromatic carbocycles. The lowest BCUT2D eigenvalue weighted by Gasteiger charge is -2.17. The fraction of sp³-hybridized carbons (Fsp3) is 0.350. The predicted octanol–water partition coefficient (Wildman–Crippen LogP) is 2.16. The van der Waals surface area contributed by atoms with Crippen LogP contribution in [0.2, 0.25) is 0 Å². The highest BCUT2D eigenvalue weighted by Crippen LogP contribution is 2.39. The molecule has 0 radical (unpaired) electrons. The third kappa shape index (κ3) is 3.85. The van der Waals surface area contributed by atoms with Crippen molar-refractivity contribution in [3.63, 3.8) is 0 Å². The fourth-order valence-electron chi connectivity index (χ4n) is 3.20. The molecule has 0 saturated carbocycles. The summed E-state index contributed by atoms with van der Waals surface area (Å²) in [6.45, 7) is 0.957. The highest BCUT2D eigenvalue weighted by Gasteiger charge is 2.23. The van der Waals surface area contributed by atoms with Crippen molar-refractivity contribution in [3.8, 4) is 17.2 Å². The van der Waals surface area contributed by atoms with Crippen molar-refractivity contribution in [1.82, 2.24) is 10.3 Å². The van der Waals surface area contributed by atoms with Crippen molar-refractivity contribution in [3.05, 3.63) is 41.7 Å². The first-order valence-corrected chi connectivity index (χ1v) is 8.90. The van der Waals surface area contributed by atoms with Crippen LogP contribution in [0.5, 0.6) is 17.2 Å². The lowest BCUT2D eigenvalue weighted by Crippen LogP contribution is -2.25. The van der Waals surface area contributed by atoms with Crippen LogP contribution in [0.4, 0.5) is 5.69 Å². The molecular weight excluding hydrogens is 362 g/mol. The number of methoxy groups -OCH3 is 3. The third-order valence-corrected chi connectivity index (χ3v) is 4.57. The topological polar surface area (TPSA) is 90.0 Å². The average Bonchev–Trinajstić information content (AvgIpc) is 3.16. The summed E-state index contributed by atoms with van der Waals surface area (Å²) in [6.07, 6.45) is 4.72. The highest BCUT2D eigenvalue weighted by molar-refractivity contribution is 5.98. The van der Waals surface area contributed by atoms with Crippen molar-refractivity contribution in [2.45, 2.75) is 19.4 Å². The van der Waals surface area contributed by atoms with E-state index in [1.807, 2.05) is 6.07 Å². The summed E-state index contributed by atoms with van der Waals surface area (Å²) in [5.41, 5.74) is 1.88. The average molecular weight is 385 g/mol. The summed E-state index contributed by atoms with van der Waals surface area (Å²) >= 11 is 0. The van der Waals surface area contributed by atoms with E-state index in [4.69, 9.17) is 14.2 Å². The Hall–Kier alpha value is -3.29. The van der Waals surface area contributed by atoms with Crippen molar-refractivity contribution in [1.29, 1.82) is 0 Å². The second-order valence-electron chi connectivity index (χ2n) is 6.26. The molecule has 1 fully saturated rings. The number of amides is 2. The number of pyridine rings is 1. The number of anilines is 1. The Bertz CT molecular complexity index is 884. The molecular formula is C20H23N3O5. The molecule has 0 atom stereocenters. The SMILES string of the molecule is COc1ccc(C(=O)NCc2cncc(N3CCCC3=O)c2)c(OC)c1OC. The standard InChI is InChI=1S/C20H23N3O5/c1-26-16-7-6-15(18(27-2)19(16)28-3)20(25)22-11-13-9-14(12-21-10-13)23-8-4-5-17(23)24/h6-7,9-10,12H,4-5,8,11H2,1-3H3,(H,22,25). The van der Waals surface area contributed by atoms with Crippen LogP contribution in [0.3, 0.4) is 0 Å². The molecule has 0 spiro atoms. The molecule has 1 aliphatic rings. The summed E-state index contributed by atoms with van der Waals surface area (Å²) in [6, 6.07) is 5.13. The van der Waals surface area contributed by atoms with Crippen molar-refractivity contribution in [2.24, 2.45) is 0 Å². The van der Waals surface area contributed by atoms with Gasteiger partial charge in [0.05, 0.1) is 38.8 Å². The molecule has 28 heavy (non-hydrogen) atoms. The summed E-state index contributed by atoms with van der Waals surface area (Å²) < 4.78 is 15.9. The summed E-state index contributed by atoms with van der Waals surface area (Å²) in [7, 11) is 4.47. The third-order valence-electron chi connectivity index (χ3n) is 4.57. The van der Waals surface area contributed by atoms with Gasteiger partial charge in [-0.2, -0.15) is 0 Å². The number of ether oxygens (including phenoxy) is 3. The number of rotatable bonds is 7. The summed E-state index contributed by atoms with van der Waals surface area (Å²) in [4.78, 5) is 30.5. The first-order chi connectivity index (χ1) is 13.6. The molecule has 0 unspecified atom stereocenters. The number of nitrogens with one attached hydrogen (secondary N) is 1. The predicted molar refractivity (Wildman–Crippen MR) is 103 cm³/mol. The molecule has 0 bridgehead atoms. The Morgan fingerprint density at radius 3 is 2.57 bits per heavy atom. The first-order valence-electron chi connectivity index (χ1n) is 8.90. The molecule has 148 valence electrons. The van der Waals surface area contributed by atoms with Crippen LogP contribution in [0.1, 0.15) is 28.8 Å². The lowest BCUT2D eigenvalue weighted by molar-refractivity contribution is -0.117. The fourth-order valence-corrected chi connectivity index (χ4v) is 3.20. The van der Waals surface area contributed by atoms with Crippen LogP contribution < -0.4 is 24.4 Å². The molecule has 8 heteroatoms. The Labute approximate surface area is 163 Å². The minimum absolute atomic E-state index is 0.0954.